The van der Waals surface area contributed by atoms with Crippen LogP contribution in [0.15, 0.2) is 36.4 Å². The third-order valence-electron chi connectivity index (χ3n) is 2.44. The van der Waals surface area contributed by atoms with Crippen molar-refractivity contribution in [2.24, 2.45) is 0 Å². The SMILES string of the molecule is COCCOc1ccc(-c2ccc(C=O)s2)cc1. The highest BCUT2D eigenvalue weighted by atomic mass is 32.1. The summed E-state index contributed by atoms with van der Waals surface area (Å²) < 4.78 is 10.4. The Kier molecular flexibility index (Phi) is 4.50. The van der Waals surface area contributed by atoms with Crippen LogP contribution in [0.1, 0.15) is 9.67 Å². The molecule has 0 N–H and O–H groups in total. The summed E-state index contributed by atoms with van der Waals surface area (Å²) in [7, 11) is 1.65. The molecule has 2 aromatic rings. The molecule has 0 bridgehead atoms. The first-order valence-electron chi connectivity index (χ1n) is 5.60. The molecule has 3 nitrogen and oxygen atoms in total. The normalized spacial score (nSPS) is 10.3. The number of ether oxygens (including phenoxy) is 2. The van der Waals surface area contributed by atoms with Crippen LogP contribution < -0.4 is 4.74 Å². The van der Waals surface area contributed by atoms with Gasteiger partial charge in [-0.05, 0) is 42.0 Å². The lowest BCUT2D eigenvalue weighted by atomic mass is 10.2. The second-order valence-electron chi connectivity index (χ2n) is 3.69. The summed E-state index contributed by atoms with van der Waals surface area (Å²) in [4.78, 5) is 12.5. The quantitative estimate of drug-likeness (QED) is 0.592. The van der Waals surface area contributed by atoms with Crippen molar-refractivity contribution in [3.63, 3.8) is 0 Å². The van der Waals surface area contributed by atoms with E-state index in [1.165, 1.54) is 11.3 Å². The van der Waals surface area contributed by atoms with Gasteiger partial charge in [-0.1, -0.05) is 0 Å². The molecule has 0 amide bonds. The molecule has 0 saturated carbocycles. The van der Waals surface area contributed by atoms with E-state index in [0.717, 1.165) is 27.4 Å². The van der Waals surface area contributed by atoms with Gasteiger partial charge in [-0.15, -0.1) is 11.3 Å². The Morgan fingerprint density at radius 2 is 1.89 bits per heavy atom. The summed E-state index contributed by atoms with van der Waals surface area (Å²) in [6, 6.07) is 11.6. The molecule has 4 heteroatoms. The average molecular weight is 262 g/mol. The molecule has 0 radical (unpaired) electrons. The number of hydrogen-bond donors (Lipinski definition) is 0. The first-order valence-corrected chi connectivity index (χ1v) is 6.42. The highest BCUT2D eigenvalue weighted by Crippen LogP contribution is 2.28. The van der Waals surface area contributed by atoms with Gasteiger partial charge >= 0.3 is 0 Å². The van der Waals surface area contributed by atoms with E-state index in [9.17, 15) is 4.79 Å². The number of thiophene rings is 1. The van der Waals surface area contributed by atoms with Gasteiger partial charge in [0.25, 0.3) is 0 Å². The van der Waals surface area contributed by atoms with Crippen molar-refractivity contribution in [3.8, 4) is 16.2 Å². The minimum absolute atomic E-state index is 0.546. The van der Waals surface area contributed by atoms with Crippen molar-refractivity contribution >= 4 is 17.6 Å². The lowest BCUT2D eigenvalue weighted by molar-refractivity contribution is 0.112. The lowest BCUT2D eigenvalue weighted by Crippen LogP contribution is -2.03. The zero-order chi connectivity index (χ0) is 12.8. The molecule has 94 valence electrons. The molecule has 0 atom stereocenters. The topological polar surface area (TPSA) is 35.5 Å². The Bertz CT molecular complexity index is 502. The summed E-state index contributed by atoms with van der Waals surface area (Å²) in [5.74, 6) is 0.822. The van der Waals surface area contributed by atoms with Gasteiger partial charge in [0.05, 0.1) is 11.5 Å². The number of carbonyl (C=O) groups is 1. The fraction of sp³-hybridized carbons (Fsp3) is 0.214. The van der Waals surface area contributed by atoms with E-state index in [2.05, 4.69) is 0 Å². The van der Waals surface area contributed by atoms with Crippen molar-refractivity contribution in [2.75, 3.05) is 20.3 Å². The van der Waals surface area contributed by atoms with Crippen molar-refractivity contribution in [3.05, 3.63) is 41.3 Å². The highest BCUT2D eigenvalue weighted by Gasteiger charge is 2.02. The summed E-state index contributed by atoms with van der Waals surface area (Å²) in [5, 5.41) is 0. The second-order valence-corrected chi connectivity index (χ2v) is 4.80. The van der Waals surface area contributed by atoms with Gasteiger partial charge < -0.3 is 9.47 Å². The van der Waals surface area contributed by atoms with Crippen LogP contribution in [0.25, 0.3) is 10.4 Å². The number of methoxy groups -OCH3 is 1. The number of benzene rings is 1. The van der Waals surface area contributed by atoms with E-state index >= 15 is 0 Å². The second kappa shape index (κ2) is 6.33. The van der Waals surface area contributed by atoms with Crippen LogP contribution in [-0.4, -0.2) is 26.6 Å². The maximum absolute atomic E-state index is 10.6. The van der Waals surface area contributed by atoms with Crippen LogP contribution in [0.5, 0.6) is 5.75 Å². The molecule has 0 aliphatic carbocycles. The third-order valence-corrected chi connectivity index (χ3v) is 3.50. The summed E-state index contributed by atoms with van der Waals surface area (Å²) in [6.45, 7) is 1.12. The highest BCUT2D eigenvalue weighted by molar-refractivity contribution is 7.17. The average Bonchev–Trinajstić information content (AvgIpc) is 2.89. The van der Waals surface area contributed by atoms with Gasteiger partial charge in [0, 0.05) is 12.0 Å². The fourth-order valence-electron chi connectivity index (χ4n) is 1.53. The molecule has 0 aliphatic rings. The lowest BCUT2D eigenvalue weighted by Gasteiger charge is -2.05. The molecule has 1 aromatic carbocycles. The summed E-state index contributed by atoms with van der Waals surface area (Å²) in [5.41, 5.74) is 1.09. The monoisotopic (exact) mass is 262 g/mol. The Labute approximate surface area is 110 Å². The zero-order valence-corrected chi connectivity index (χ0v) is 10.9. The van der Waals surface area contributed by atoms with Gasteiger partial charge in [0.2, 0.25) is 0 Å². The van der Waals surface area contributed by atoms with Crippen LogP contribution in [0.4, 0.5) is 0 Å². The molecule has 0 unspecified atom stereocenters. The minimum Gasteiger partial charge on any atom is -0.491 e. The van der Waals surface area contributed by atoms with E-state index in [0.29, 0.717) is 13.2 Å². The number of hydrogen-bond acceptors (Lipinski definition) is 4. The van der Waals surface area contributed by atoms with Crippen LogP contribution in [0.2, 0.25) is 0 Å². The smallest absolute Gasteiger partial charge is 0.160 e. The molecule has 1 aromatic heterocycles. The van der Waals surface area contributed by atoms with Crippen LogP contribution in [-0.2, 0) is 4.74 Å². The molecule has 0 saturated heterocycles. The summed E-state index contributed by atoms with van der Waals surface area (Å²) in [6.07, 6.45) is 0.871. The van der Waals surface area contributed by atoms with Gasteiger partial charge in [-0.2, -0.15) is 0 Å². The number of aldehydes is 1. The Balaban J connectivity index is 2.04. The molecule has 1 heterocycles. The molecule has 0 spiro atoms. The van der Waals surface area contributed by atoms with Gasteiger partial charge in [-0.3, -0.25) is 4.79 Å². The van der Waals surface area contributed by atoms with Gasteiger partial charge in [0.15, 0.2) is 6.29 Å². The Morgan fingerprint density at radius 3 is 2.50 bits per heavy atom. The molecular formula is C14H14O3S. The van der Waals surface area contributed by atoms with Crippen molar-refractivity contribution < 1.29 is 14.3 Å². The Hall–Kier alpha value is -1.65. The first-order chi connectivity index (χ1) is 8.83. The number of carbonyl (C=O) groups excluding carboxylic acids is 1. The Morgan fingerprint density at radius 1 is 1.11 bits per heavy atom. The zero-order valence-electron chi connectivity index (χ0n) is 10.1. The standard InChI is InChI=1S/C14H14O3S/c1-16-8-9-17-12-4-2-11(3-5-12)14-7-6-13(10-15)18-14/h2-7,10H,8-9H2,1H3. The van der Waals surface area contributed by atoms with Crippen molar-refractivity contribution in [1.82, 2.24) is 0 Å². The van der Waals surface area contributed by atoms with E-state index in [-0.39, 0.29) is 0 Å². The van der Waals surface area contributed by atoms with Crippen LogP contribution in [0, 0.1) is 0 Å². The van der Waals surface area contributed by atoms with Crippen LogP contribution in [0.3, 0.4) is 0 Å². The predicted octanol–water partition coefficient (Wildman–Crippen LogP) is 3.25. The molecule has 18 heavy (non-hydrogen) atoms. The maximum atomic E-state index is 10.6. The van der Waals surface area contributed by atoms with E-state index < -0.39 is 0 Å². The maximum Gasteiger partial charge on any atom is 0.160 e. The molecular weight excluding hydrogens is 248 g/mol. The van der Waals surface area contributed by atoms with E-state index in [4.69, 9.17) is 9.47 Å². The minimum atomic E-state index is 0.546. The molecule has 0 aliphatic heterocycles. The molecule has 0 fully saturated rings. The van der Waals surface area contributed by atoms with Crippen LogP contribution >= 0.6 is 11.3 Å². The third kappa shape index (κ3) is 3.18. The van der Waals surface area contributed by atoms with Crippen molar-refractivity contribution in [2.45, 2.75) is 0 Å². The predicted molar refractivity (Wildman–Crippen MR) is 72.5 cm³/mol. The summed E-state index contributed by atoms with van der Waals surface area (Å²) >= 11 is 1.48. The fourth-order valence-corrected chi connectivity index (χ4v) is 2.36. The van der Waals surface area contributed by atoms with E-state index in [1.54, 1.807) is 7.11 Å². The van der Waals surface area contributed by atoms with Gasteiger partial charge in [0.1, 0.15) is 12.4 Å². The number of rotatable bonds is 6. The largest absolute Gasteiger partial charge is 0.491 e. The first kappa shape index (κ1) is 12.8. The molecule has 2 rings (SSSR count). The van der Waals surface area contributed by atoms with E-state index in [1.807, 2.05) is 36.4 Å². The van der Waals surface area contributed by atoms with Gasteiger partial charge in [-0.25, -0.2) is 0 Å². The van der Waals surface area contributed by atoms with Crippen molar-refractivity contribution in [1.29, 1.82) is 0 Å².